The van der Waals surface area contributed by atoms with E-state index in [1.165, 1.54) is 5.56 Å². The van der Waals surface area contributed by atoms with Gasteiger partial charge in [-0.15, -0.1) is 0 Å². The molecule has 0 aliphatic carbocycles. The molecule has 0 spiro atoms. The monoisotopic (exact) mass is 231 g/mol. The van der Waals surface area contributed by atoms with Gasteiger partial charge in [0, 0.05) is 19.6 Å². The molecule has 1 heterocycles. The molecule has 0 radical (unpaired) electrons. The van der Waals surface area contributed by atoms with Crippen LogP contribution in [-0.2, 0) is 4.74 Å². The minimum Gasteiger partial charge on any atom is -0.373 e. The van der Waals surface area contributed by atoms with Gasteiger partial charge in [-0.2, -0.15) is 0 Å². The maximum absolute atomic E-state index is 5.72. The Bertz CT molecular complexity index is 350. The Morgan fingerprint density at radius 2 is 1.82 bits per heavy atom. The summed E-state index contributed by atoms with van der Waals surface area (Å²) in [5.41, 5.74) is 1.27. The zero-order valence-electron chi connectivity index (χ0n) is 10.7. The Kier molecular flexibility index (Phi) is 4.35. The van der Waals surface area contributed by atoms with Crippen molar-refractivity contribution in [1.29, 1.82) is 0 Å². The summed E-state index contributed by atoms with van der Waals surface area (Å²) in [5.74, 6) is 0. The third kappa shape index (κ3) is 3.99. The first-order valence-electron chi connectivity index (χ1n) is 6.33. The Balaban J connectivity index is 1.83. The third-order valence-corrected chi connectivity index (χ3v) is 2.97. The van der Waals surface area contributed by atoms with Crippen molar-refractivity contribution in [2.45, 2.75) is 26.1 Å². The summed E-state index contributed by atoms with van der Waals surface area (Å²) in [4.78, 5) is 2.44. The van der Waals surface area contributed by atoms with Gasteiger partial charge in [-0.1, -0.05) is 42.5 Å². The molecule has 1 aliphatic rings. The lowest BCUT2D eigenvalue weighted by molar-refractivity contribution is -0.0645. The molecule has 0 saturated carbocycles. The molecule has 0 amide bonds. The number of benzene rings is 1. The maximum atomic E-state index is 5.72. The van der Waals surface area contributed by atoms with Crippen molar-refractivity contribution < 1.29 is 4.74 Å². The second kappa shape index (κ2) is 5.99. The lowest BCUT2D eigenvalue weighted by Crippen LogP contribution is -2.45. The van der Waals surface area contributed by atoms with Gasteiger partial charge in [-0.05, 0) is 19.4 Å². The van der Waals surface area contributed by atoms with Crippen LogP contribution in [0.2, 0.25) is 0 Å². The zero-order chi connectivity index (χ0) is 12.1. The van der Waals surface area contributed by atoms with Crippen LogP contribution in [0.15, 0.2) is 36.4 Å². The lowest BCUT2D eigenvalue weighted by Gasteiger charge is -2.34. The summed E-state index contributed by atoms with van der Waals surface area (Å²) in [6, 6.07) is 10.4. The largest absolute Gasteiger partial charge is 0.373 e. The smallest absolute Gasteiger partial charge is 0.0678 e. The van der Waals surface area contributed by atoms with Gasteiger partial charge in [0.05, 0.1) is 12.2 Å². The van der Waals surface area contributed by atoms with Crippen LogP contribution >= 0.6 is 0 Å². The molecule has 2 unspecified atom stereocenters. The molecule has 2 nitrogen and oxygen atoms in total. The molecule has 1 aliphatic heterocycles. The van der Waals surface area contributed by atoms with Crippen LogP contribution < -0.4 is 0 Å². The maximum Gasteiger partial charge on any atom is 0.0678 e. The van der Waals surface area contributed by atoms with Gasteiger partial charge in [-0.3, -0.25) is 4.90 Å². The molecule has 0 aromatic heterocycles. The van der Waals surface area contributed by atoms with Crippen molar-refractivity contribution in [3.05, 3.63) is 42.0 Å². The minimum atomic E-state index is 0.351. The number of rotatable bonds is 3. The van der Waals surface area contributed by atoms with E-state index in [9.17, 15) is 0 Å². The fraction of sp³-hybridized carbons (Fsp3) is 0.467. The number of hydrogen-bond acceptors (Lipinski definition) is 2. The molecule has 17 heavy (non-hydrogen) atoms. The standard InChI is InChI=1S/C15H21NO/c1-13-11-16(12-14(2)17-13)10-6-9-15-7-4-3-5-8-15/h3-9,13-14H,10-12H2,1-2H3/b9-6+. The number of hydrogen-bond donors (Lipinski definition) is 0. The van der Waals surface area contributed by atoms with Crippen LogP contribution in [0.4, 0.5) is 0 Å². The second-order valence-electron chi connectivity index (χ2n) is 4.79. The first kappa shape index (κ1) is 12.3. The van der Waals surface area contributed by atoms with E-state index in [2.05, 4.69) is 55.2 Å². The van der Waals surface area contributed by atoms with Crippen molar-refractivity contribution >= 4 is 6.08 Å². The molecular weight excluding hydrogens is 210 g/mol. The highest BCUT2D eigenvalue weighted by Crippen LogP contribution is 2.10. The topological polar surface area (TPSA) is 12.5 Å². The van der Waals surface area contributed by atoms with Gasteiger partial charge in [0.2, 0.25) is 0 Å². The fourth-order valence-electron chi connectivity index (χ4n) is 2.34. The van der Waals surface area contributed by atoms with Crippen LogP contribution in [-0.4, -0.2) is 36.7 Å². The summed E-state index contributed by atoms with van der Waals surface area (Å²) in [7, 11) is 0. The van der Waals surface area contributed by atoms with Crippen LogP contribution in [0, 0.1) is 0 Å². The first-order chi connectivity index (χ1) is 8.24. The summed E-state index contributed by atoms with van der Waals surface area (Å²) in [6.07, 6.45) is 5.12. The van der Waals surface area contributed by atoms with Gasteiger partial charge in [-0.25, -0.2) is 0 Å². The van der Waals surface area contributed by atoms with Crippen molar-refractivity contribution in [3.8, 4) is 0 Å². The number of ether oxygens (including phenoxy) is 1. The highest BCUT2D eigenvalue weighted by molar-refractivity contribution is 5.48. The van der Waals surface area contributed by atoms with Crippen LogP contribution in [0.1, 0.15) is 19.4 Å². The Hall–Kier alpha value is -1.12. The average molecular weight is 231 g/mol. The predicted octanol–water partition coefficient (Wildman–Crippen LogP) is 2.81. The molecule has 1 aromatic rings. The van der Waals surface area contributed by atoms with Gasteiger partial charge in [0.25, 0.3) is 0 Å². The van der Waals surface area contributed by atoms with Gasteiger partial charge >= 0.3 is 0 Å². The van der Waals surface area contributed by atoms with E-state index in [0.717, 1.165) is 19.6 Å². The van der Waals surface area contributed by atoms with Crippen LogP contribution in [0.3, 0.4) is 0 Å². The predicted molar refractivity (Wildman–Crippen MR) is 71.9 cm³/mol. The molecule has 92 valence electrons. The highest BCUT2D eigenvalue weighted by atomic mass is 16.5. The molecular formula is C15H21NO. The molecule has 0 N–H and O–H groups in total. The summed E-state index contributed by atoms with van der Waals surface area (Å²) in [6.45, 7) is 7.35. The average Bonchev–Trinajstić information content (AvgIpc) is 2.29. The third-order valence-electron chi connectivity index (χ3n) is 2.97. The molecule has 0 bridgehead atoms. The first-order valence-corrected chi connectivity index (χ1v) is 6.33. The van der Waals surface area contributed by atoms with E-state index >= 15 is 0 Å². The van der Waals surface area contributed by atoms with Gasteiger partial charge in [0.1, 0.15) is 0 Å². The second-order valence-corrected chi connectivity index (χ2v) is 4.79. The van der Waals surface area contributed by atoms with E-state index in [1.54, 1.807) is 0 Å². The van der Waals surface area contributed by atoms with Gasteiger partial charge < -0.3 is 4.74 Å². The quantitative estimate of drug-likeness (QED) is 0.793. The Labute approximate surface area is 104 Å². The van der Waals surface area contributed by atoms with Crippen molar-refractivity contribution in [3.63, 3.8) is 0 Å². The van der Waals surface area contributed by atoms with E-state index in [1.807, 2.05) is 6.07 Å². The number of morpholine rings is 1. The lowest BCUT2D eigenvalue weighted by atomic mass is 10.2. The fourth-order valence-corrected chi connectivity index (χ4v) is 2.34. The molecule has 2 atom stereocenters. The summed E-state index contributed by atoms with van der Waals surface area (Å²) < 4.78 is 5.72. The van der Waals surface area contributed by atoms with Crippen molar-refractivity contribution in [1.82, 2.24) is 4.90 Å². The van der Waals surface area contributed by atoms with E-state index in [0.29, 0.717) is 12.2 Å². The van der Waals surface area contributed by atoms with Crippen molar-refractivity contribution in [2.24, 2.45) is 0 Å². The number of nitrogens with zero attached hydrogens (tertiary/aromatic N) is 1. The Morgan fingerprint density at radius 1 is 1.18 bits per heavy atom. The normalized spacial score (nSPS) is 26.5. The molecule has 1 fully saturated rings. The summed E-state index contributed by atoms with van der Waals surface area (Å²) >= 11 is 0. The molecule has 1 saturated heterocycles. The van der Waals surface area contributed by atoms with E-state index in [4.69, 9.17) is 4.74 Å². The summed E-state index contributed by atoms with van der Waals surface area (Å²) in [5, 5.41) is 0. The minimum absolute atomic E-state index is 0.351. The van der Waals surface area contributed by atoms with E-state index in [-0.39, 0.29) is 0 Å². The zero-order valence-corrected chi connectivity index (χ0v) is 10.7. The van der Waals surface area contributed by atoms with Crippen LogP contribution in [0.5, 0.6) is 0 Å². The van der Waals surface area contributed by atoms with Crippen molar-refractivity contribution in [2.75, 3.05) is 19.6 Å². The Morgan fingerprint density at radius 3 is 2.47 bits per heavy atom. The molecule has 2 rings (SSSR count). The van der Waals surface area contributed by atoms with Crippen LogP contribution in [0.25, 0.3) is 6.08 Å². The SMILES string of the molecule is CC1CN(C/C=C/c2ccccc2)CC(C)O1. The van der Waals surface area contributed by atoms with E-state index < -0.39 is 0 Å². The molecule has 2 heteroatoms. The van der Waals surface area contributed by atoms with Gasteiger partial charge in [0.15, 0.2) is 0 Å². The molecule has 1 aromatic carbocycles. The highest BCUT2D eigenvalue weighted by Gasteiger charge is 2.20.